The second-order valence-corrected chi connectivity index (χ2v) is 4.76. The molecule has 0 spiro atoms. The molecule has 20 heavy (non-hydrogen) atoms. The van der Waals surface area contributed by atoms with E-state index in [2.05, 4.69) is 17.6 Å². The molecule has 1 unspecified atom stereocenters. The molecule has 0 aromatic heterocycles. The third-order valence-electron chi connectivity index (χ3n) is 2.79. The highest BCUT2D eigenvalue weighted by Gasteiger charge is 2.02. The second-order valence-electron chi connectivity index (χ2n) is 4.76. The molecule has 0 aliphatic rings. The lowest BCUT2D eigenvalue weighted by Gasteiger charge is -2.09. The normalized spacial score (nSPS) is 11.9. The molecule has 1 atom stereocenters. The molecular formula is C15H25N3O2. The molecular weight excluding hydrogens is 254 g/mol. The highest BCUT2D eigenvalue weighted by Crippen LogP contribution is 2.13. The molecule has 0 heterocycles. The molecule has 0 saturated heterocycles. The van der Waals surface area contributed by atoms with Crippen molar-refractivity contribution in [3.8, 4) is 0 Å². The van der Waals surface area contributed by atoms with Gasteiger partial charge in [-0.3, -0.25) is 0 Å². The fraction of sp³-hybridized carbons (Fsp3) is 0.533. The summed E-state index contributed by atoms with van der Waals surface area (Å²) in [6.07, 6.45) is 1.84. The molecule has 0 radical (unpaired) electrons. The van der Waals surface area contributed by atoms with Crippen molar-refractivity contribution < 1.29 is 9.53 Å². The topological polar surface area (TPSA) is 76.4 Å². The molecule has 0 aliphatic heterocycles. The maximum atomic E-state index is 11.6. The number of rotatable bonds is 8. The van der Waals surface area contributed by atoms with Gasteiger partial charge in [-0.1, -0.05) is 19.1 Å². The van der Waals surface area contributed by atoms with Crippen molar-refractivity contribution in [2.24, 2.45) is 5.73 Å². The van der Waals surface area contributed by atoms with Gasteiger partial charge in [0.1, 0.15) is 0 Å². The number of amides is 2. The van der Waals surface area contributed by atoms with Gasteiger partial charge in [0.2, 0.25) is 0 Å². The number of hydrogen-bond acceptors (Lipinski definition) is 3. The second kappa shape index (κ2) is 9.34. The van der Waals surface area contributed by atoms with E-state index >= 15 is 0 Å². The smallest absolute Gasteiger partial charge is 0.319 e. The number of benzene rings is 1. The minimum absolute atomic E-state index is 0.000923. The maximum absolute atomic E-state index is 11.6. The van der Waals surface area contributed by atoms with E-state index in [-0.39, 0.29) is 12.1 Å². The van der Waals surface area contributed by atoms with E-state index in [9.17, 15) is 4.79 Å². The van der Waals surface area contributed by atoms with Gasteiger partial charge in [0.05, 0.1) is 0 Å². The Bertz CT molecular complexity index is 391. The molecule has 0 aliphatic carbocycles. The van der Waals surface area contributed by atoms with Crippen LogP contribution in [0.1, 0.15) is 38.3 Å². The van der Waals surface area contributed by atoms with Crippen molar-refractivity contribution in [3.05, 3.63) is 29.8 Å². The summed E-state index contributed by atoms with van der Waals surface area (Å²) in [6.45, 7) is 6.06. The summed E-state index contributed by atoms with van der Waals surface area (Å²) in [5.41, 5.74) is 7.57. The van der Waals surface area contributed by atoms with Gasteiger partial charge < -0.3 is 21.1 Å². The van der Waals surface area contributed by atoms with Gasteiger partial charge in [-0.15, -0.1) is 0 Å². The average Bonchev–Trinajstić information content (AvgIpc) is 2.43. The van der Waals surface area contributed by atoms with E-state index in [0.29, 0.717) is 13.2 Å². The van der Waals surface area contributed by atoms with Crippen LogP contribution < -0.4 is 16.4 Å². The maximum Gasteiger partial charge on any atom is 0.319 e. The summed E-state index contributed by atoms with van der Waals surface area (Å²) >= 11 is 0. The minimum Gasteiger partial charge on any atom is -0.381 e. The van der Waals surface area contributed by atoms with Gasteiger partial charge in [0.25, 0.3) is 0 Å². The van der Waals surface area contributed by atoms with Gasteiger partial charge in [-0.2, -0.15) is 0 Å². The molecule has 5 heteroatoms. The van der Waals surface area contributed by atoms with E-state index in [4.69, 9.17) is 10.5 Å². The summed E-state index contributed by atoms with van der Waals surface area (Å²) in [5, 5.41) is 5.57. The molecule has 4 N–H and O–H groups in total. The summed E-state index contributed by atoms with van der Waals surface area (Å²) in [7, 11) is 0. The Morgan fingerprint density at radius 3 is 2.60 bits per heavy atom. The summed E-state index contributed by atoms with van der Waals surface area (Å²) in [6, 6.07) is 7.33. The zero-order chi connectivity index (χ0) is 14.8. The van der Waals surface area contributed by atoms with Crippen LogP contribution in [0.3, 0.4) is 0 Å². The molecule has 1 rings (SSSR count). The number of ether oxygens (including phenoxy) is 1. The third-order valence-corrected chi connectivity index (χ3v) is 2.79. The first-order valence-corrected chi connectivity index (χ1v) is 7.11. The van der Waals surface area contributed by atoms with Crippen LogP contribution in [0.15, 0.2) is 24.3 Å². The van der Waals surface area contributed by atoms with Gasteiger partial charge in [0.15, 0.2) is 0 Å². The number of carbonyl (C=O) groups is 1. The molecule has 112 valence electrons. The average molecular weight is 279 g/mol. The van der Waals surface area contributed by atoms with E-state index in [1.807, 2.05) is 31.2 Å². The van der Waals surface area contributed by atoms with E-state index in [1.165, 1.54) is 0 Å². The largest absolute Gasteiger partial charge is 0.381 e. The number of hydrogen-bond donors (Lipinski definition) is 3. The number of nitrogens with two attached hydrogens (primary N) is 1. The van der Waals surface area contributed by atoms with Gasteiger partial charge in [0, 0.05) is 31.5 Å². The van der Waals surface area contributed by atoms with Crippen LogP contribution in [0, 0.1) is 0 Å². The Labute approximate surface area is 120 Å². The Kier molecular flexibility index (Phi) is 7.69. The lowest BCUT2D eigenvalue weighted by atomic mass is 10.1. The van der Waals surface area contributed by atoms with Gasteiger partial charge >= 0.3 is 6.03 Å². The number of urea groups is 1. The van der Waals surface area contributed by atoms with Crippen molar-refractivity contribution in [2.75, 3.05) is 25.1 Å². The first-order valence-electron chi connectivity index (χ1n) is 7.11. The Morgan fingerprint density at radius 2 is 2.00 bits per heavy atom. The van der Waals surface area contributed by atoms with Crippen LogP contribution in [0.2, 0.25) is 0 Å². The summed E-state index contributed by atoms with van der Waals surface area (Å²) in [4.78, 5) is 11.6. The van der Waals surface area contributed by atoms with Crippen molar-refractivity contribution in [1.29, 1.82) is 0 Å². The molecule has 1 aromatic rings. The highest BCUT2D eigenvalue weighted by molar-refractivity contribution is 5.89. The highest BCUT2D eigenvalue weighted by atomic mass is 16.5. The van der Waals surface area contributed by atoms with Crippen LogP contribution in [0.25, 0.3) is 0 Å². The third kappa shape index (κ3) is 6.54. The minimum atomic E-state index is -0.200. The first kappa shape index (κ1) is 16.5. The molecule has 0 fully saturated rings. The van der Waals surface area contributed by atoms with Crippen molar-refractivity contribution in [3.63, 3.8) is 0 Å². The van der Waals surface area contributed by atoms with Gasteiger partial charge in [-0.25, -0.2) is 4.79 Å². The number of anilines is 1. The predicted molar refractivity (Wildman–Crippen MR) is 81.8 cm³/mol. The molecule has 0 saturated carbocycles. The number of carbonyl (C=O) groups excluding carboxylic acids is 1. The fourth-order valence-corrected chi connectivity index (χ4v) is 1.67. The summed E-state index contributed by atoms with van der Waals surface area (Å²) in [5.74, 6) is 0. The summed E-state index contributed by atoms with van der Waals surface area (Å²) < 4.78 is 5.33. The Balaban J connectivity index is 2.21. The fourth-order valence-electron chi connectivity index (χ4n) is 1.67. The van der Waals surface area contributed by atoms with E-state index in [1.54, 1.807) is 0 Å². The van der Waals surface area contributed by atoms with Crippen molar-refractivity contribution >= 4 is 11.7 Å². The van der Waals surface area contributed by atoms with Crippen LogP contribution >= 0.6 is 0 Å². The van der Waals surface area contributed by atoms with Crippen molar-refractivity contribution in [1.82, 2.24) is 5.32 Å². The molecule has 0 bridgehead atoms. The zero-order valence-electron chi connectivity index (χ0n) is 12.3. The zero-order valence-corrected chi connectivity index (χ0v) is 12.3. The van der Waals surface area contributed by atoms with E-state index in [0.717, 1.165) is 30.7 Å². The lowest BCUT2D eigenvalue weighted by molar-refractivity contribution is 0.132. The first-order chi connectivity index (χ1) is 9.63. The van der Waals surface area contributed by atoms with Gasteiger partial charge in [-0.05, 0) is 37.5 Å². The standard InChI is InChI=1S/C15H25N3O2/c1-3-10-20-11-4-9-17-15(19)18-14-7-5-13(6-8-14)12(2)16/h5-8,12H,3-4,9-11,16H2,1-2H3,(H2,17,18,19). The van der Waals surface area contributed by atoms with Crippen LogP contribution in [0.4, 0.5) is 10.5 Å². The van der Waals surface area contributed by atoms with Crippen LogP contribution in [0.5, 0.6) is 0 Å². The predicted octanol–water partition coefficient (Wildman–Crippen LogP) is 2.64. The Hall–Kier alpha value is -1.59. The lowest BCUT2D eigenvalue weighted by Crippen LogP contribution is -2.30. The number of nitrogens with one attached hydrogen (secondary N) is 2. The monoisotopic (exact) mass is 279 g/mol. The van der Waals surface area contributed by atoms with Crippen LogP contribution in [-0.2, 0) is 4.74 Å². The molecule has 1 aromatic carbocycles. The molecule has 5 nitrogen and oxygen atoms in total. The van der Waals surface area contributed by atoms with Crippen LogP contribution in [-0.4, -0.2) is 25.8 Å². The quantitative estimate of drug-likeness (QED) is 0.640. The SMILES string of the molecule is CCCOCCCNC(=O)Nc1ccc(C(C)N)cc1. The Morgan fingerprint density at radius 1 is 1.30 bits per heavy atom. The van der Waals surface area contributed by atoms with E-state index < -0.39 is 0 Å². The van der Waals surface area contributed by atoms with Crippen molar-refractivity contribution in [2.45, 2.75) is 32.7 Å². The molecule has 2 amide bonds.